The molecule has 0 bridgehead atoms. The standard InChI is InChI=1S/C17H14N6/c1-12(13-7-3-2-4-8-13)19-20-16-14-9-5-6-10-15(14)17-21-18-11-23(17)22-16/h2-11H,1H3,(H,20,22)/b19-12+. The predicted octanol–water partition coefficient (Wildman–Crippen LogP) is 3.11. The number of anilines is 1. The van der Waals surface area contributed by atoms with Gasteiger partial charge in [0.25, 0.3) is 0 Å². The molecule has 2 heterocycles. The van der Waals surface area contributed by atoms with Gasteiger partial charge < -0.3 is 0 Å². The fourth-order valence-electron chi connectivity index (χ4n) is 2.49. The van der Waals surface area contributed by atoms with Gasteiger partial charge in [-0.3, -0.25) is 5.43 Å². The van der Waals surface area contributed by atoms with Crippen LogP contribution in [0, 0.1) is 0 Å². The lowest BCUT2D eigenvalue weighted by atomic mass is 10.1. The van der Waals surface area contributed by atoms with E-state index in [1.807, 2.05) is 61.5 Å². The Kier molecular flexibility index (Phi) is 3.20. The molecular formula is C17H14N6. The fourth-order valence-corrected chi connectivity index (χ4v) is 2.49. The third kappa shape index (κ3) is 2.40. The second-order valence-corrected chi connectivity index (χ2v) is 5.17. The van der Waals surface area contributed by atoms with Gasteiger partial charge in [0.15, 0.2) is 11.5 Å². The molecule has 0 unspecified atom stereocenters. The molecule has 112 valence electrons. The van der Waals surface area contributed by atoms with Crippen LogP contribution in [0.3, 0.4) is 0 Å². The molecule has 2 aromatic heterocycles. The van der Waals surface area contributed by atoms with E-state index in [2.05, 4.69) is 25.8 Å². The molecule has 0 fully saturated rings. The van der Waals surface area contributed by atoms with E-state index < -0.39 is 0 Å². The quantitative estimate of drug-likeness (QED) is 0.466. The van der Waals surface area contributed by atoms with Crippen LogP contribution in [-0.2, 0) is 0 Å². The number of hydrogen-bond acceptors (Lipinski definition) is 5. The Morgan fingerprint density at radius 2 is 1.74 bits per heavy atom. The summed E-state index contributed by atoms with van der Waals surface area (Å²) in [5, 5.41) is 18.9. The Labute approximate surface area is 132 Å². The van der Waals surface area contributed by atoms with Crippen molar-refractivity contribution < 1.29 is 0 Å². The normalized spacial score (nSPS) is 12.0. The van der Waals surface area contributed by atoms with E-state index in [4.69, 9.17) is 0 Å². The zero-order chi connectivity index (χ0) is 15.6. The van der Waals surface area contributed by atoms with Crippen molar-refractivity contribution in [2.75, 3.05) is 5.43 Å². The zero-order valence-corrected chi connectivity index (χ0v) is 12.5. The lowest BCUT2D eigenvalue weighted by molar-refractivity contribution is 0.934. The van der Waals surface area contributed by atoms with Crippen molar-refractivity contribution in [3.05, 3.63) is 66.5 Å². The second kappa shape index (κ2) is 5.49. The van der Waals surface area contributed by atoms with Crippen molar-refractivity contribution in [1.29, 1.82) is 0 Å². The molecule has 1 N–H and O–H groups in total. The van der Waals surface area contributed by atoms with Crippen LogP contribution in [0.2, 0.25) is 0 Å². The number of hydrazone groups is 1. The summed E-state index contributed by atoms with van der Waals surface area (Å²) in [6.07, 6.45) is 1.58. The Morgan fingerprint density at radius 3 is 2.57 bits per heavy atom. The van der Waals surface area contributed by atoms with Gasteiger partial charge in [0, 0.05) is 10.8 Å². The first-order valence-electron chi connectivity index (χ1n) is 7.27. The minimum Gasteiger partial charge on any atom is -0.259 e. The van der Waals surface area contributed by atoms with E-state index >= 15 is 0 Å². The van der Waals surface area contributed by atoms with Gasteiger partial charge in [-0.1, -0.05) is 54.6 Å². The Balaban J connectivity index is 1.79. The van der Waals surface area contributed by atoms with Crippen LogP contribution in [0.4, 0.5) is 5.82 Å². The number of benzene rings is 2. The molecule has 23 heavy (non-hydrogen) atoms. The molecule has 0 radical (unpaired) electrons. The molecule has 6 nitrogen and oxygen atoms in total. The molecule has 0 aliphatic rings. The van der Waals surface area contributed by atoms with Crippen LogP contribution in [0.15, 0.2) is 66.0 Å². The van der Waals surface area contributed by atoms with Gasteiger partial charge in [-0.2, -0.15) is 9.62 Å². The first kappa shape index (κ1) is 13.4. The van der Waals surface area contributed by atoms with Crippen LogP contribution in [0.1, 0.15) is 12.5 Å². The molecule has 4 rings (SSSR count). The van der Waals surface area contributed by atoms with E-state index in [-0.39, 0.29) is 0 Å². The number of nitrogens with zero attached hydrogens (tertiary/aromatic N) is 5. The number of rotatable bonds is 3. The highest BCUT2D eigenvalue weighted by Gasteiger charge is 2.09. The lowest BCUT2D eigenvalue weighted by Crippen LogP contribution is -2.03. The third-order valence-corrected chi connectivity index (χ3v) is 3.68. The lowest BCUT2D eigenvalue weighted by Gasteiger charge is -2.07. The van der Waals surface area contributed by atoms with Crippen molar-refractivity contribution in [2.45, 2.75) is 6.92 Å². The fraction of sp³-hybridized carbons (Fsp3) is 0.0588. The monoisotopic (exact) mass is 302 g/mol. The summed E-state index contributed by atoms with van der Waals surface area (Å²) in [6.45, 7) is 1.96. The van der Waals surface area contributed by atoms with E-state index in [1.165, 1.54) is 0 Å². The average Bonchev–Trinajstić information content (AvgIpc) is 3.09. The van der Waals surface area contributed by atoms with Crippen LogP contribution in [0.5, 0.6) is 0 Å². The van der Waals surface area contributed by atoms with Crippen LogP contribution in [-0.4, -0.2) is 25.5 Å². The summed E-state index contributed by atoms with van der Waals surface area (Å²) in [5.41, 5.74) is 5.75. The maximum Gasteiger partial charge on any atom is 0.185 e. The minimum atomic E-state index is 0.670. The molecule has 6 heteroatoms. The molecule has 0 aliphatic heterocycles. The first-order chi connectivity index (χ1) is 11.3. The van der Waals surface area contributed by atoms with Crippen LogP contribution < -0.4 is 5.43 Å². The molecular weight excluding hydrogens is 288 g/mol. The summed E-state index contributed by atoms with van der Waals surface area (Å²) in [5.74, 6) is 0.670. The highest BCUT2D eigenvalue weighted by Crippen LogP contribution is 2.23. The Hall–Kier alpha value is -3.28. The number of hydrogen-bond donors (Lipinski definition) is 1. The van der Waals surface area contributed by atoms with Gasteiger partial charge in [-0.15, -0.1) is 15.3 Å². The van der Waals surface area contributed by atoms with Gasteiger partial charge in [-0.05, 0) is 12.5 Å². The third-order valence-electron chi connectivity index (χ3n) is 3.68. The molecule has 0 aliphatic carbocycles. The van der Waals surface area contributed by atoms with Gasteiger partial charge in [0.1, 0.15) is 6.33 Å². The molecule has 0 spiro atoms. The SMILES string of the molecule is C/C(=N\Nc1nn2cnnc2c2ccccc12)c1ccccc1. The first-order valence-corrected chi connectivity index (χ1v) is 7.27. The molecule has 2 aromatic carbocycles. The molecule has 0 saturated heterocycles. The van der Waals surface area contributed by atoms with E-state index in [9.17, 15) is 0 Å². The van der Waals surface area contributed by atoms with Crippen molar-refractivity contribution >= 4 is 27.9 Å². The van der Waals surface area contributed by atoms with Crippen molar-refractivity contribution in [1.82, 2.24) is 19.8 Å². The maximum atomic E-state index is 4.50. The summed E-state index contributed by atoms with van der Waals surface area (Å²) in [4.78, 5) is 0. The number of fused-ring (bicyclic) bond motifs is 3. The topological polar surface area (TPSA) is 67.5 Å². The zero-order valence-electron chi connectivity index (χ0n) is 12.5. The summed E-state index contributed by atoms with van der Waals surface area (Å²) in [6, 6.07) is 17.9. The van der Waals surface area contributed by atoms with Crippen LogP contribution in [0.25, 0.3) is 16.4 Å². The number of nitrogens with one attached hydrogen (secondary N) is 1. The highest BCUT2D eigenvalue weighted by molar-refractivity contribution is 6.01. The predicted molar refractivity (Wildman–Crippen MR) is 90.6 cm³/mol. The minimum absolute atomic E-state index is 0.670. The summed E-state index contributed by atoms with van der Waals surface area (Å²) < 4.78 is 1.65. The maximum absolute atomic E-state index is 4.50. The van der Waals surface area contributed by atoms with Gasteiger partial charge >= 0.3 is 0 Å². The van der Waals surface area contributed by atoms with Gasteiger partial charge in [0.05, 0.1) is 5.71 Å². The van der Waals surface area contributed by atoms with E-state index in [1.54, 1.807) is 10.8 Å². The molecule has 0 atom stereocenters. The largest absolute Gasteiger partial charge is 0.259 e. The Morgan fingerprint density at radius 1 is 1.00 bits per heavy atom. The highest BCUT2D eigenvalue weighted by atomic mass is 15.4. The Bertz CT molecular complexity index is 1000. The molecule has 0 amide bonds. The van der Waals surface area contributed by atoms with Crippen molar-refractivity contribution in [3.63, 3.8) is 0 Å². The summed E-state index contributed by atoms with van der Waals surface area (Å²) >= 11 is 0. The average molecular weight is 302 g/mol. The van der Waals surface area contributed by atoms with E-state index in [0.717, 1.165) is 27.7 Å². The molecule has 0 saturated carbocycles. The van der Waals surface area contributed by atoms with E-state index in [0.29, 0.717) is 5.82 Å². The van der Waals surface area contributed by atoms with Crippen molar-refractivity contribution in [3.8, 4) is 0 Å². The van der Waals surface area contributed by atoms with Gasteiger partial charge in [0.2, 0.25) is 0 Å². The molecule has 4 aromatic rings. The smallest absolute Gasteiger partial charge is 0.185 e. The van der Waals surface area contributed by atoms with Gasteiger partial charge in [-0.25, -0.2) is 0 Å². The summed E-state index contributed by atoms with van der Waals surface area (Å²) in [7, 11) is 0. The second-order valence-electron chi connectivity index (χ2n) is 5.17. The van der Waals surface area contributed by atoms with Crippen LogP contribution >= 0.6 is 0 Å². The number of aromatic nitrogens is 4. The van der Waals surface area contributed by atoms with Crippen molar-refractivity contribution in [2.24, 2.45) is 5.10 Å².